The monoisotopic (exact) mass is 259 g/mol. The minimum absolute atomic E-state index is 0.128. The van der Waals surface area contributed by atoms with Gasteiger partial charge in [0, 0.05) is 18.3 Å². The zero-order chi connectivity index (χ0) is 13.7. The van der Waals surface area contributed by atoms with Crippen LogP contribution in [0.4, 0.5) is 0 Å². The fourth-order valence-corrected chi connectivity index (χ4v) is 1.79. The molecule has 2 aromatic heterocycles. The second-order valence-electron chi connectivity index (χ2n) is 4.92. The molecule has 0 saturated heterocycles. The van der Waals surface area contributed by atoms with Crippen LogP contribution in [0, 0.1) is 5.92 Å². The van der Waals surface area contributed by atoms with E-state index in [1.54, 1.807) is 6.20 Å². The van der Waals surface area contributed by atoms with Crippen LogP contribution in [0.15, 0.2) is 28.9 Å². The fourth-order valence-electron chi connectivity index (χ4n) is 1.79. The lowest BCUT2D eigenvalue weighted by Crippen LogP contribution is -2.06. The number of hydrogen-bond donors (Lipinski definition) is 0. The van der Waals surface area contributed by atoms with E-state index in [2.05, 4.69) is 15.1 Å². The summed E-state index contributed by atoms with van der Waals surface area (Å²) in [5.41, 5.74) is 0.878. The Labute approximate surface area is 112 Å². The van der Waals surface area contributed by atoms with Gasteiger partial charge in [-0.05, 0) is 18.1 Å². The van der Waals surface area contributed by atoms with E-state index in [-0.39, 0.29) is 12.2 Å². The molecule has 5 heteroatoms. The largest absolute Gasteiger partial charge is 0.339 e. The van der Waals surface area contributed by atoms with Gasteiger partial charge in [0.05, 0.1) is 12.8 Å². The van der Waals surface area contributed by atoms with Gasteiger partial charge < -0.3 is 4.52 Å². The van der Waals surface area contributed by atoms with Gasteiger partial charge in [-0.1, -0.05) is 25.1 Å². The standard InChI is InChI=1S/C14H17N3O2/c1-10(2)7-12(18)9-14-16-13(17-19-14)8-11-5-3-4-6-15-11/h3-6,10H,7-9H2,1-2H3. The highest BCUT2D eigenvalue weighted by atomic mass is 16.5. The molecule has 0 spiro atoms. The summed E-state index contributed by atoms with van der Waals surface area (Å²) in [5.74, 6) is 1.43. The molecule has 2 aromatic rings. The Morgan fingerprint density at radius 3 is 2.89 bits per heavy atom. The van der Waals surface area contributed by atoms with E-state index in [0.717, 1.165) is 5.69 Å². The Morgan fingerprint density at radius 1 is 1.37 bits per heavy atom. The van der Waals surface area contributed by atoms with Crippen LogP contribution in [0.25, 0.3) is 0 Å². The summed E-state index contributed by atoms with van der Waals surface area (Å²) >= 11 is 0. The van der Waals surface area contributed by atoms with Crippen LogP contribution in [0.2, 0.25) is 0 Å². The van der Waals surface area contributed by atoms with Crippen molar-refractivity contribution in [3.05, 3.63) is 41.8 Å². The van der Waals surface area contributed by atoms with Crippen molar-refractivity contribution in [2.75, 3.05) is 0 Å². The summed E-state index contributed by atoms with van der Waals surface area (Å²) in [7, 11) is 0. The highest BCUT2D eigenvalue weighted by molar-refractivity contribution is 5.80. The van der Waals surface area contributed by atoms with Gasteiger partial charge in [0.2, 0.25) is 5.89 Å². The molecule has 0 bridgehead atoms. The number of Topliss-reactive ketones (excluding diaryl/α,β-unsaturated/α-hetero) is 1. The molecular formula is C14H17N3O2. The topological polar surface area (TPSA) is 68.9 Å². The molecule has 0 atom stereocenters. The van der Waals surface area contributed by atoms with Gasteiger partial charge in [-0.3, -0.25) is 9.78 Å². The van der Waals surface area contributed by atoms with Crippen LogP contribution < -0.4 is 0 Å². The highest BCUT2D eigenvalue weighted by Gasteiger charge is 2.13. The molecule has 0 amide bonds. The van der Waals surface area contributed by atoms with Gasteiger partial charge in [-0.15, -0.1) is 0 Å². The van der Waals surface area contributed by atoms with Crippen molar-refractivity contribution in [1.29, 1.82) is 0 Å². The minimum Gasteiger partial charge on any atom is -0.339 e. The quantitative estimate of drug-likeness (QED) is 0.795. The number of carbonyl (C=O) groups excluding carboxylic acids is 1. The summed E-state index contributed by atoms with van der Waals surface area (Å²) in [6, 6.07) is 5.67. The average Bonchev–Trinajstić information content (AvgIpc) is 2.76. The van der Waals surface area contributed by atoms with Crippen molar-refractivity contribution in [3.63, 3.8) is 0 Å². The zero-order valence-electron chi connectivity index (χ0n) is 11.2. The number of carbonyl (C=O) groups is 1. The average molecular weight is 259 g/mol. The van der Waals surface area contributed by atoms with Crippen molar-refractivity contribution < 1.29 is 9.32 Å². The van der Waals surface area contributed by atoms with Gasteiger partial charge in [-0.25, -0.2) is 0 Å². The van der Waals surface area contributed by atoms with Crippen molar-refractivity contribution in [2.45, 2.75) is 33.1 Å². The van der Waals surface area contributed by atoms with Gasteiger partial charge in [0.1, 0.15) is 5.78 Å². The lowest BCUT2D eigenvalue weighted by atomic mass is 10.1. The van der Waals surface area contributed by atoms with Crippen LogP contribution in [-0.4, -0.2) is 20.9 Å². The summed E-state index contributed by atoms with van der Waals surface area (Å²) in [6.07, 6.45) is 3.00. The molecule has 0 radical (unpaired) electrons. The predicted molar refractivity (Wildman–Crippen MR) is 69.5 cm³/mol. The molecule has 19 heavy (non-hydrogen) atoms. The number of aromatic nitrogens is 3. The highest BCUT2D eigenvalue weighted by Crippen LogP contribution is 2.07. The number of pyridine rings is 1. The van der Waals surface area contributed by atoms with Crippen molar-refractivity contribution in [2.24, 2.45) is 5.92 Å². The molecule has 0 unspecified atom stereocenters. The maximum atomic E-state index is 11.7. The van der Waals surface area contributed by atoms with Crippen LogP contribution in [-0.2, 0) is 17.6 Å². The molecule has 5 nitrogen and oxygen atoms in total. The number of hydrogen-bond acceptors (Lipinski definition) is 5. The smallest absolute Gasteiger partial charge is 0.234 e. The Morgan fingerprint density at radius 2 is 2.21 bits per heavy atom. The van der Waals surface area contributed by atoms with Crippen molar-refractivity contribution in [1.82, 2.24) is 15.1 Å². The SMILES string of the molecule is CC(C)CC(=O)Cc1nc(Cc2ccccn2)no1. The van der Waals surface area contributed by atoms with Crippen LogP contribution in [0.3, 0.4) is 0 Å². The molecule has 0 N–H and O–H groups in total. The molecule has 0 aliphatic rings. The zero-order valence-corrected chi connectivity index (χ0v) is 11.2. The molecule has 0 aliphatic carbocycles. The van der Waals surface area contributed by atoms with Gasteiger partial charge in [0.15, 0.2) is 5.82 Å². The predicted octanol–water partition coefficient (Wildman–Crippen LogP) is 2.21. The molecule has 0 aromatic carbocycles. The van der Waals surface area contributed by atoms with Crippen LogP contribution >= 0.6 is 0 Å². The third kappa shape index (κ3) is 4.28. The molecule has 2 heterocycles. The lowest BCUT2D eigenvalue weighted by molar-refractivity contribution is -0.119. The van der Waals surface area contributed by atoms with E-state index in [9.17, 15) is 4.79 Å². The molecule has 2 rings (SSSR count). The van der Waals surface area contributed by atoms with E-state index in [1.165, 1.54) is 0 Å². The van der Waals surface area contributed by atoms with Crippen molar-refractivity contribution >= 4 is 5.78 Å². The lowest BCUT2D eigenvalue weighted by Gasteiger charge is -2.00. The normalized spacial score (nSPS) is 10.9. The van der Waals surface area contributed by atoms with Gasteiger partial charge in [0.25, 0.3) is 0 Å². The first-order valence-corrected chi connectivity index (χ1v) is 6.36. The molecule has 100 valence electrons. The Kier molecular flexibility index (Phi) is 4.39. The Bertz CT molecular complexity index is 535. The fraction of sp³-hybridized carbons (Fsp3) is 0.429. The van der Waals surface area contributed by atoms with Crippen LogP contribution in [0.1, 0.15) is 37.7 Å². The van der Waals surface area contributed by atoms with E-state index in [4.69, 9.17) is 4.52 Å². The number of nitrogens with zero attached hydrogens (tertiary/aromatic N) is 3. The maximum absolute atomic E-state index is 11.7. The summed E-state index contributed by atoms with van der Waals surface area (Å²) < 4.78 is 5.08. The van der Waals surface area contributed by atoms with E-state index < -0.39 is 0 Å². The molecule has 0 saturated carbocycles. The number of rotatable bonds is 6. The summed E-state index contributed by atoms with van der Waals surface area (Å²) in [5, 5.41) is 3.87. The summed E-state index contributed by atoms with van der Waals surface area (Å²) in [4.78, 5) is 20.1. The van der Waals surface area contributed by atoms with E-state index >= 15 is 0 Å². The third-order valence-corrected chi connectivity index (χ3v) is 2.56. The van der Waals surface area contributed by atoms with Gasteiger partial charge >= 0.3 is 0 Å². The van der Waals surface area contributed by atoms with E-state index in [1.807, 2.05) is 32.0 Å². The molecular weight excluding hydrogens is 242 g/mol. The first-order valence-electron chi connectivity index (χ1n) is 6.36. The molecule has 0 aliphatic heterocycles. The number of ketones is 1. The van der Waals surface area contributed by atoms with Crippen molar-refractivity contribution in [3.8, 4) is 0 Å². The summed E-state index contributed by atoms with van der Waals surface area (Å²) in [6.45, 7) is 4.02. The molecule has 0 fully saturated rings. The van der Waals surface area contributed by atoms with Gasteiger partial charge in [-0.2, -0.15) is 4.98 Å². The Hall–Kier alpha value is -2.04. The Balaban J connectivity index is 1.94. The van der Waals surface area contributed by atoms with Crippen LogP contribution in [0.5, 0.6) is 0 Å². The second-order valence-corrected chi connectivity index (χ2v) is 4.92. The second kappa shape index (κ2) is 6.22. The maximum Gasteiger partial charge on any atom is 0.234 e. The van der Waals surface area contributed by atoms with E-state index in [0.29, 0.717) is 30.5 Å². The third-order valence-electron chi connectivity index (χ3n) is 2.56. The minimum atomic E-state index is 0.128. The first-order chi connectivity index (χ1) is 9.13. The first kappa shape index (κ1) is 13.4.